The number of aryl methyl sites for hydroxylation is 1. The molecule has 6 nitrogen and oxygen atoms in total. The van der Waals surface area contributed by atoms with E-state index in [-0.39, 0.29) is 11.8 Å². The average molecular weight is 450 g/mol. The fourth-order valence-electron chi connectivity index (χ4n) is 4.03. The number of hydrogen-bond donors (Lipinski definition) is 1. The number of likely N-dealkylation sites (tertiary alicyclic amines) is 1. The topological polar surface area (TPSA) is 71.5 Å². The highest BCUT2D eigenvalue weighted by Gasteiger charge is 2.33. The molecule has 7 heteroatoms. The number of nitrogens with one attached hydrogen (secondary N) is 1. The summed E-state index contributed by atoms with van der Waals surface area (Å²) in [5.41, 5.74) is 2.90. The van der Waals surface area contributed by atoms with Gasteiger partial charge in [0, 0.05) is 23.9 Å². The van der Waals surface area contributed by atoms with E-state index in [4.69, 9.17) is 4.74 Å². The highest BCUT2D eigenvalue weighted by molar-refractivity contribution is 7.13. The lowest BCUT2D eigenvalue weighted by Gasteiger charge is -2.24. The Morgan fingerprint density at radius 1 is 1.16 bits per heavy atom. The molecule has 4 rings (SSSR count). The van der Waals surface area contributed by atoms with Crippen molar-refractivity contribution in [2.45, 2.75) is 38.3 Å². The summed E-state index contributed by atoms with van der Waals surface area (Å²) in [5.74, 6) is 0.685. The molecule has 166 valence electrons. The fourth-order valence-corrected chi connectivity index (χ4v) is 4.86. The zero-order chi connectivity index (χ0) is 22.3. The minimum atomic E-state index is -0.410. The number of amides is 2. The Hall–Kier alpha value is -3.19. The van der Waals surface area contributed by atoms with Crippen molar-refractivity contribution in [3.05, 3.63) is 71.2 Å². The summed E-state index contributed by atoms with van der Waals surface area (Å²) >= 11 is 1.56. The van der Waals surface area contributed by atoms with Crippen LogP contribution in [-0.2, 0) is 22.6 Å². The molecule has 2 aromatic carbocycles. The summed E-state index contributed by atoms with van der Waals surface area (Å²) < 4.78 is 5.37. The van der Waals surface area contributed by atoms with Crippen LogP contribution in [0.2, 0.25) is 0 Å². The summed E-state index contributed by atoms with van der Waals surface area (Å²) in [6.45, 7) is 0.986. The van der Waals surface area contributed by atoms with Crippen molar-refractivity contribution >= 4 is 23.2 Å². The number of nitrogens with zero attached hydrogens (tertiary/aromatic N) is 2. The molecule has 32 heavy (non-hydrogen) atoms. The van der Waals surface area contributed by atoms with Gasteiger partial charge in [0.15, 0.2) is 0 Å². The van der Waals surface area contributed by atoms with Gasteiger partial charge in [0.05, 0.1) is 19.3 Å². The van der Waals surface area contributed by atoms with Crippen LogP contribution < -0.4 is 10.1 Å². The molecule has 1 fully saturated rings. The van der Waals surface area contributed by atoms with Crippen LogP contribution in [0.25, 0.3) is 10.6 Å². The van der Waals surface area contributed by atoms with Gasteiger partial charge < -0.3 is 15.0 Å². The van der Waals surface area contributed by atoms with Crippen molar-refractivity contribution in [2.24, 2.45) is 0 Å². The lowest BCUT2D eigenvalue weighted by molar-refractivity contribution is -0.138. The Balaban J connectivity index is 1.31. The Morgan fingerprint density at radius 2 is 1.94 bits per heavy atom. The molecule has 0 aliphatic carbocycles. The second-order valence-electron chi connectivity index (χ2n) is 7.78. The molecule has 1 aromatic heterocycles. The smallest absolute Gasteiger partial charge is 0.243 e. The zero-order valence-electron chi connectivity index (χ0n) is 18.1. The minimum Gasteiger partial charge on any atom is -0.496 e. The Labute approximate surface area is 192 Å². The van der Waals surface area contributed by atoms with Gasteiger partial charge >= 0.3 is 0 Å². The van der Waals surface area contributed by atoms with Crippen LogP contribution in [0.1, 0.15) is 30.5 Å². The van der Waals surface area contributed by atoms with Crippen LogP contribution in [0.4, 0.5) is 0 Å². The number of rotatable bonds is 8. The predicted molar refractivity (Wildman–Crippen MR) is 125 cm³/mol. The molecule has 1 aliphatic heterocycles. The van der Waals surface area contributed by atoms with Crippen molar-refractivity contribution in [3.8, 4) is 16.3 Å². The highest BCUT2D eigenvalue weighted by Crippen LogP contribution is 2.24. The van der Waals surface area contributed by atoms with Crippen LogP contribution >= 0.6 is 11.3 Å². The first-order valence-corrected chi connectivity index (χ1v) is 11.7. The van der Waals surface area contributed by atoms with Crippen LogP contribution in [-0.4, -0.2) is 41.4 Å². The zero-order valence-corrected chi connectivity index (χ0v) is 18.9. The molecule has 1 N–H and O–H groups in total. The van der Waals surface area contributed by atoms with E-state index in [0.717, 1.165) is 34.0 Å². The molecule has 2 heterocycles. The summed E-state index contributed by atoms with van der Waals surface area (Å²) in [4.78, 5) is 32.0. The number of ether oxygens (including phenoxy) is 1. The van der Waals surface area contributed by atoms with Gasteiger partial charge in [-0.1, -0.05) is 48.5 Å². The summed E-state index contributed by atoms with van der Waals surface area (Å²) in [7, 11) is 1.63. The van der Waals surface area contributed by atoms with Crippen molar-refractivity contribution in [1.29, 1.82) is 0 Å². The minimum absolute atomic E-state index is 0.00794. The van der Waals surface area contributed by atoms with E-state index in [1.807, 2.05) is 60.0 Å². The maximum absolute atomic E-state index is 12.9. The normalized spacial score (nSPS) is 15.5. The second kappa shape index (κ2) is 10.4. The third-order valence-corrected chi connectivity index (χ3v) is 6.63. The Bertz CT molecular complexity index is 1070. The number of carbonyl (C=O) groups is 2. The number of hydrogen-bond acceptors (Lipinski definition) is 5. The van der Waals surface area contributed by atoms with Gasteiger partial charge in [-0.25, -0.2) is 4.98 Å². The van der Waals surface area contributed by atoms with Gasteiger partial charge in [0.1, 0.15) is 16.8 Å². The molecular formula is C25H27N3O3S. The van der Waals surface area contributed by atoms with Gasteiger partial charge in [-0.3, -0.25) is 9.59 Å². The van der Waals surface area contributed by atoms with E-state index in [1.165, 1.54) is 0 Å². The molecule has 2 amide bonds. The van der Waals surface area contributed by atoms with Gasteiger partial charge in [0.2, 0.25) is 11.8 Å². The van der Waals surface area contributed by atoms with Crippen LogP contribution in [0.15, 0.2) is 60.0 Å². The lowest BCUT2D eigenvalue weighted by Crippen LogP contribution is -2.45. The largest absolute Gasteiger partial charge is 0.496 e. The monoisotopic (exact) mass is 449 g/mol. The first-order chi connectivity index (χ1) is 15.7. The van der Waals surface area contributed by atoms with Crippen molar-refractivity contribution in [1.82, 2.24) is 15.2 Å². The summed E-state index contributed by atoms with van der Waals surface area (Å²) in [6, 6.07) is 17.3. The molecular weight excluding hydrogens is 422 g/mol. The summed E-state index contributed by atoms with van der Waals surface area (Å²) in [5, 5.41) is 5.87. The number of benzene rings is 2. The molecule has 0 bridgehead atoms. The molecule has 1 aliphatic rings. The SMILES string of the molecule is COc1ccccc1CCC(=O)N1CCCC1C(=O)NCc1csc(-c2ccccc2)n1. The Morgan fingerprint density at radius 3 is 2.75 bits per heavy atom. The molecule has 1 unspecified atom stereocenters. The van der Waals surface area contributed by atoms with Crippen LogP contribution in [0.5, 0.6) is 5.75 Å². The predicted octanol–water partition coefficient (Wildman–Crippen LogP) is 4.06. The average Bonchev–Trinajstić information content (AvgIpc) is 3.52. The Kier molecular flexibility index (Phi) is 7.17. The van der Waals surface area contributed by atoms with Crippen LogP contribution in [0.3, 0.4) is 0 Å². The standard InChI is InChI=1S/C25H27N3O3S/c1-31-22-12-6-5-8-18(22)13-14-23(29)28-15-7-11-21(28)24(30)26-16-20-17-32-25(27-20)19-9-3-2-4-10-19/h2-6,8-10,12,17,21H,7,11,13-16H2,1H3,(H,26,30). The van der Waals surface area contributed by atoms with E-state index >= 15 is 0 Å². The van der Waals surface area contributed by atoms with Gasteiger partial charge in [-0.2, -0.15) is 0 Å². The third kappa shape index (κ3) is 5.16. The van der Waals surface area contributed by atoms with Crippen molar-refractivity contribution in [2.75, 3.05) is 13.7 Å². The van der Waals surface area contributed by atoms with Gasteiger partial charge in [-0.05, 0) is 30.9 Å². The first kappa shape index (κ1) is 22.0. The number of thiazole rings is 1. The molecule has 0 spiro atoms. The quantitative estimate of drug-likeness (QED) is 0.563. The van der Waals surface area contributed by atoms with Gasteiger partial charge in [0.25, 0.3) is 0 Å². The second-order valence-corrected chi connectivity index (χ2v) is 8.64. The van der Waals surface area contributed by atoms with Crippen molar-refractivity contribution < 1.29 is 14.3 Å². The lowest BCUT2D eigenvalue weighted by atomic mass is 10.1. The molecule has 0 radical (unpaired) electrons. The number of aromatic nitrogens is 1. The molecule has 1 atom stereocenters. The molecule has 1 saturated heterocycles. The number of carbonyl (C=O) groups excluding carboxylic acids is 2. The molecule has 3 aromatic rings. The van der Waals surface area contributed by atoms with E-state index in [1.54, 1.807) is 23.3 Å². The first-order valence-electron chi connectivity index (χ1n) is 10.8. The van der Waals surface area contributed by atoms with E-state index < -0.39 is 6.04 Å². The van der Waals surface area contributed by atoms with E-state index in [0.29, 0.717) is 32.4 Å². The maximum Gasteiger partial charge on any atom is 0.243 e. The maximum atomic E-state index is 12.9. The van der Waals surface area contributed by atoms with E-state index in [2.05, 4.69) is 10.3 Å². The van der Waals surface area contributed by atoms with Crippen molar-refractivity contribution in [3.63, 3.8) is 0 Å². The highest BCUT2D eigenvalue weighted by atomic mass is 32.1. The number of para-hydroxylation sites is 1. The number of methoxy groups -OCH3 is 1. The van der Waals surface area contributed by atoms with Crippen LogP contribution in [0, 0.1) is 0 Å². The summed E-state index contributed by atoms with van der Waals surface area (Å²) in [6.07, 6.45) is 2.48. The van der Waals surface area contributed by atoms with E-state index in [9.17, 15) is 9.59 Å². The third-order valence-electron chi connectivity index (χ3n) is 5.69. The fraction of sp³-hybridized carbons (Fsp3) is 0.320. The molecule has 0 saturated carbocycles. The van der Waals surface area contributed by atoms with Gasteiger partial charge in [-0.15, -0.1) is 11.3 Å².